The van der Waals surface area contributed by atoms with Crippen molar-refractivity contribution in [2.24, 2.45) is 0 Å². The van der Waals surface area contributed by atoms with Crippen molar-refractivity contribution in [3.8, 4) is 22.3 Å². The second-order valence-electron chi connectivity index (χ2n) is 13.3. The van der Waals surface area contributed by atoms with E-state index < -0.39 is 5.41 Å². The highest BCUT2D eigenvalue weighted by atomic mass is 16.3. The molecule has 0 atom stereocenters. The minimum absolute atomic E-state index is 0.469. The van der Waals surface area contributed by atoms with Crippen LogP contribution < -0.4 is 4.90 Å². The van der Waals surface area contributed by atoms with E-state index in [9.17, 15) is 0 Å². The average molecular weight is 652 g/mol. The quantitative estimate of drug-likeness (QED) is 0.178. The van der Waals surface area contributed by atoms with Crippen LogP contribution in [0.25, 0.3) is 44.2 Å². The Labute approximate surface area is 297 Å². The van der Waals surface area contributed by atoms with Gasteiger partial charge in [-0.2, -0.15) is 0 Å². The van der Waals surface area contributed by atoms with Crippen molar-refractivity contribution in [1.82, 2.24) is 0 Å². The Kier molecular flexibility index (Phi) is 6.75. The van der Waals surface area contributed by atoms with Gasteiger partial charge in [-0.3, -0.25) is 0 Å². The number of nitrogens with zero attached hydrogens (tertiary/aromatic N) is 1. The number of hydrogen-bond donors (Lipinski definition) is 0. The number of hydrogen-bond acceptors (Lipinski definition) is 2. The van der Waals surface area contributed by atoms with Crippen LogP contribution in [0.5, 0.6) is 0 Å². The van der Waals surface area contributed by atoms with Gasteiger partial charge in [-0.15, -0.1) is 0 Å². The van der Waals surface area contributed by atoms with E-state index >= 15 is 0 Å². The van der Waals surface area contributed by atoms with Crippen molar-refractivity contribution in [3.63, 3.8) is 0 Å². The summed E-state index contributed by atoms with van der Waals surface area (Å²) in [6.07, 6.45) is 0. The molecule has 0 fully saturated rings. The molecule has 10 rings (SSSR count). The second-order valence-corrected chi connectivity index (χ2v) is 13.3. The maximum Gasteiger partial charge on any atom is 0.143 e. The average Bonchev–Trinajstić information content (AvgIpc) is 3.73. The minimum Gasteiger partial charge on any atom is -0.455 e. The standard InChI is InChI=1S/C49H33NO/c1-4-15-35(16-5-1)49(45-25-12-10-21-41(45)42-22-11-13-26-46(42)49)36-29-32-43-44-24-14-23-40(48(44)51-47(43)33-36)34-27-30-39(31-28-34)50(37-17-6-2-7-18-37)38-19-8-3-9-20-38/h1-33H. The van der Waals surface area contributed by atoms with Gasteiger partial charge in [0, 0.05) is 33.4 Å². The van der Waals surface area contributed by atoms with Crippen LogP contribution in [0.1, 0.15) is 22.3 Å². The van der Waals surface area contributed by atoms with Crippen LogP contribution in [0.4, 0.5) is 17.1 Å². The molecule has 9 aromatic rings. The summed E-state index contributed by atoms with van der Waals surface area (Å²) in [5, 5.41) is 2.24. The number of para-hydroxylation sites is 3. The van der Waals surface area contributed by atoms with Crippen LogP contribution in [-0.2, 0) is 5.41 Å². The largest absolute Gasteiger partial charge is 0.455 e. The topological polar surface area (TPSA) is 16.4 Å². The van der Waals surface area contributed by atoms with Crippen molar-refractivity contribution in [3.05, 3.63) is 222 Å². The lowest BCUT2D eigenvalue weighted by atomic mass is 9.67. The fourth-order valence-corrected chi connectivity index (χ4v) is 8.36. The van der Waals surface area contributed by atoms with Crippen LogP contribution in [0.3, 0.4) is 0 Å². The third-order valence-electron chi connectivity index (χ3n) is 10.6. The van der Waals surface area contributed by atoms with Gasteiger partial charge in [-0.25, -0.2) is 0 Å². The molecule has 0 unspecified atom stereocenters. The number of benzene rings is 8. The number of rotatable bonds is 6. The Balaban J connectivity index is 1.12. The SMILES string of the molecule is c1ccc(N(c2ccccc2)c2ccc(-c3cccc4c3oc3cc(C5(c6ccccc6)c6ccccc6-c6ccccc65)ccc34)cc2)cc1. The second kappa shape index (κ2) is 11.8. The summed E-state index contributed by atoms with van der Waals surface area (Å²) in [6, 6.07) is 71.9. The van der Waals surface area contributed by atoms with Crippen molar-refractivity contribution < 1.29 is 4.42 Å². The number of anilines is 3. The molecular weight excluding hydrogens is 619 g/mol. The summed E-state index contributed by atoms with van der Waals surface area (Å²) in [7, 11) is 0. The lowest BCUT2D eigenvalue weighted by molar-refractivity contribution is 0.666. The zero-order valence-electron chi connectivity index (χ0n) is 27.9. The first-order valence-electron chi connectivity index (χ1n) is 17.5. The Bertz CT molecular complexity index is 2590. The molecule has 0 N–H and O–H groups in total. The van der Waals surface area contributed by atoms with E-state index in [-0.39, 0.29) is 0 Å². The molecular formula is C49H33NO. The van der Waals surface area contributed by atoms with Crippen LogP contribution in [0.2, 0.25) is 0 Å². The Morgan fingerprint density at radius 3 is 1.53 bits per heavy atom. The monoisotopic (exact) mass is 651 g/mol. The fraction of sp³-hybridized carbons (Fsp3) is 0.0204. The van der Waals surface area contributed by atoms with E-state index in [2.05, 4.69) is 205 Å². The molecule has 51 heavy (non-hydrogen) atoms. The summed E-state index contributed by atoms with van der Waals surface area (Å²) in [5.41, 5.74) is 14.5. The van der Waals surface area contributed by atoms with Crippen LogP contribution >= 0.6 is 0 Å². The highest BCUT2D eigenvalue weighted by molar-refractivity contribution is 6.10. The maximum atomic E-state index is 6.90. The first-order valence-corrected chi connectivity index (χ1v) is 17.5. The first kappa shape index (κ1) is 29.3. The Hall–Kier alpha value is -6.64. The van der Waals surface area contributed by atoms with Crippen molar-refractivity contribution in [2.75, 3.05) is 4.90 Å². The molecule has 2 nitrogen and oxygen atoms in total. The molecule has 0 amide bonds. The molecule has 2 heteroatoms. The lowest BCUT2D eigenvalue weighted by Gasteiger charge is -2.33. The summed E-state index contributed by atoms with van der Waals surface area (Å²) in [6.45, 7) is 0. The van der Waals surface area contributed by atoms with Crippen molar-refractivity contribution in [1.29, 1.82) is 0 Å². The van der Waals surface area contributed by atoms with E-state index in [4.69, 9.17) is 4.42 Å². The van der Waals surface area contributed by atoms with Crippen molar-refractivity contribution >= 4 is 39.0 Å². The molecule has 1 aliphatic rings. The normalized spacial score (nSPS) is 12.9. The third kappa shape index (κ3) is 4.50. The fourth-order valence-electron chi connectivity index (χ4n) is 8.36. The van der Waals surface area contributed by atoms with Crippen molar-refractivity contribution in [2.45, 2.75) is 5.41 Å². The number of furan rings is 1. The minimum atomic E-state index is -0.469. The van der Waals surface area contributed by atoms with Gasteiger partial charge < -0.3 is 9.32 Å². The van der Waals surface area contributed by atoms with Gasteiger partial charge in [0.1, 0.15) is 11.2 Å². The zero-order chi connectivity index (χ0) is 33.8. The Morgan fingerprint density at radius 2 is 0.902 bits per heavy atom. The number of fused-ring (bicyclic) bond motifs is 6. The van der Waals surface area contributed by atoms with E-state index in [1.807, 2.05) is 0 Å². The highest BCUT2D eigenvalue weighted by Gasteiger charge is 2.46. The molecule has 0 saturated heterocycles. The van der Waals surface area contributed by atoms with Gasteiger partial charge in [0.2, 0.25) is 0 Å². The molecule has 1 aromatic heterocycles. The smallest absolute Gasteiger partial charge is 0.143 e. The van der Waals surface area contributed by atoms with Gasteiger partial charge in [-0.05, 0) is 81.4 Å². The predicted octanol–water partition coefficient (Wildman–Crippen LogP) is 13.1. The highest BCUT2D eigenvalue weighted by Crippen LogP contribution is 2.56. The van der Waals surface area contributed by atoms with Gasteiger partial charge in [-0.1, -0.05) is 158 Å². The van der Waals surface area contributed by atoms with Gasteiger partial charge in [0.25, 0.3) is 0 Å². The summed E-state index contributed by atoms with van der Waals surface area (Å²) >= 11 is 0. The molecule has 1 heterocycles. The van der Waals surface area contributed by atoms with Gasteiger partial charge in [0.15, 0.2) is 0 Å². The Morgan fingerprint density at radius 1 is 0.373 bits per heavy atom. The summed E-state index contributed by atoms with van der Waals surface area (Å²) in [4.78, 5) is 2.29. The molecule has 0 spiro atoms. The van der Waals surface area contributed by atoms with E-state index in [0.29, 0.717) is 0 Å². The third-order valence-corrected chi connectivity index (χ3v) is 10.6. The molecule has 1 aliphatic carbocycles. The van der Waals surface area contributed by atoms with Gasteiger partial charge >= 0.3 is 0 Å². The molecule has 0 aliphatic heterocycles. The molecule has 0 bridgehead atoms. The first-order chi connectivity index (χ1) is 25.3. The van der Waals surface area contributed by atoms with E-state index in [1.165, 1.54) is 33.4 Å². The zero-order valence-corrected chi connectivity index (χ0v) is 27.9. The summed E-state index contributed by atoms with van der Waals surface area (Å²) < 4.78 is 6.90. The lowest BCUT2D eigenvalue weighted by Crippen LogP contribution is -2.28. The van der Waals surface area contributed by atoms with Crippen LogP contribution in [0, 0.1) is 0 Å². The molecule has 0 radical (unpaired) electrons. The van der Waals surface area contributed by atoms with Gasteiger partial charge in [0.05, 0.1) is 5.41 Å². The maximum absolute atomic E-state index is 6.90. The predicted molar refractivity (Wildman–Crippen MR) is 211 cm³/mol. The molecule has 0 saturated carbocycles. The van der Waals surface area contributed by atoms with Crippen LogP contribution in [0.15, 0.2) is 205 Å². The summed E-state index contributed by atoms with van der Waals surface area (Å²) in [5.74, 6) is 0. The van der Waals surface area contributed by atoms with E-state index in [1.54, 1.807) is 0 Å². The molecule has 8 aromatic carbocycles. The van der Waals surface area contributed by atoms with Crippen LogP contribution in [-0.4, -0.2) is 0 Å². The molecule has 240 valence electrons. The van der Waals surface area contributed by atoms with E-state index in [0.717, 1.165) is 50.1 Å².